The van der Waals surface area contributed by atoms with Gasteiger partial charge < -0.3 is 4.42 Å². The molecular formula is C40H24N2O. The third kappa shape index (κ3) is 3.83. The smallest absolute Gasteiger partial charge is 0.180 e. The molecule has 0 aliphatic carbocycles. The van der Waals surface area contributed by atoms with Crippen LogP contribution >= 0.6 is 0 Å². The quantitative estimate of drug-likeness (QED) is 0.206. The molecule has 3 heteroatoms. The highest BCUT2D eigenvalue weighted by Gasteiger charge is 2.18. The number of hydrogen-bond donors (Lipinski definition) is 0. The van der Waals surface area contributed by atoms with Crippen molar-refractivity contribution >= 4 is 54.4 Å². The van der Waals surface area contributed by atoms with E-state index in [1.54, 1.807) is 0 Å². The minimum absolute atomic E-state index is 0.681. The number of para-hydroxylation sites is 1. The lowest BCUT2D eigenvalue weighted by Gasteiger charge is -2.10. The zero-order chi connectivity index (χ0) is 28.3. The summed E-state index contributed by atoms with van der Waals surface area (Å²) in [6, 6.07) is 51.0. The van der Waals surface area contributed by atoms with Gasteiger partial charge in [-0.2, -0.15) is 0 Å². The largest absolute Gasteiger partial charge is 0.452 e. The number of benzene rings is 7. The highest BCUT2D eigenvalue weighted by Crippen LogP contribution is 2.38. The summed E-state index contributed by atoms with van der Waals surface area (Å²) in [5.74, 6) is 0.681. The first-order valence-electron chi connectivity index (χ1n) is 14.5. The van der Waals surface area contributed by atoms with E-state index in [0.717, 1.165) is 38.9 Å². The first-order chi connectivity index (χ1) is 21.3. The van der Waals surface area contributed by atoms with Crippen molar-refractivity contribution in [2.45, 2.75) is 0 Å². The lowest BCUT2D eigenvalue weighted by atomic mass is 9.96. The van der Waals surface area contributed by atoms with Gasteiger partial charge in [0.2, 0.25) is 0 Å². The van der Waals surface area contributed by atoms with Crippen LogP contribution in [0.15, 0.2) is 150 Å². The highest BCUT2D eigenvalue weighted by molar-refractivity contribution is 6.17. The van der Waals surface area contributed by atoms with Crippen LogP contribution in [0.1, 0.15) is 0 Å². The SMILES string of the molecule is c1ccc(-c2ccc(-c3nc(-c4ccc5ccc6c7ccccc7ccc6c5c4)nc4c3oc3ccccc34)cc2)cc1. The lowest BCUT2D eigenvalue weighted by molar-refractivity contribution is 0.667. The number of hydrogen-bond acceptors (Lipinski definition) is 3. The number of fused-ring (bicyclic) bond motifs is 8. The second-order valence-electron chi connectivity index (χ2n) is 11.0. The Balaban J connectivity index is 1.27. The first kappa shape index (κ1) is 23.9. The Kier molecular flexibility index (Phi) is 5.20. The van der Waals surface area contributed by atoms with Gasteiger partial charge in [-0.05, 0) is 61.6 Å². The van der Waals surface area contributed by atoms with Crippen LogP contribution in [-0.4, -0.2) is 9.97 Å². The van der Waals surface area contributed by atoms with Crippen LogP contribution in [0.5, 0.6) is 0 Å². The van der Waals surface area contributed by atoms with Crippen molar-refractivity contribution in [3.8, 4) is 33.8 Å². The Labute approximate surface area is 247 Å². The molecule has 200 valence electrons. The monoisotopic (exact) mass is 548 g/mol. The third-order valence-electron chi connectivity index (χ3n) is 8.49. The first-order valence-corrected chi connectivity index (χ1v) is 14.5. The van der Waals surface area contributed by atoms with Crippen LogP contribution in [0.3, 0.4) is 0 Å². The molecule has 0 aliphatic heterocycles. The van der Waals surface area contributed by atoms with E-state index >= 15 is 0 Å². The molecular weight excluding hydrogens is 524 g/mol. The van der Waals surface area contributed by atoms with Crippen LogP contribution < -0.4 is 0 Å². The maximum atomic E-state index is 6.39. The van der Waals surface area contributed by atoms with Crippen molar-refractivity contribution in [1.29, 1.82) is 0 Å². The van der Waals surface area contributed by atoms with Crippen molar-refractivity contribution in [3.05, 3.63) is 146 Å². The van der Waals surface area contributed by atoms with Gasteiger partial charge in [-0.25, -0.2) is 9.97 Å². The topological polar surface area (TPSA) is 38.9 Å². The molecule has 0 saturated carbocycles. The molecule has 0 radical (unpaired) electrons. The summed E-state index contributed by atoms with van der Waals surface area (Å²) >= 11 is 0. The van der Waals surface area contributed by atoms with Gasteiger partial charge in [-0.1, -0.05) is 127 Å². The Hall–Kier alpha value is -5.80. The van der Waals surface area contributed by atoms with Gasteiger partial charge in [0.15, 0.2) is 11.4 Å². The minimum atomic E-state index is 0.681. The predicted molar refractivity (Wildman–Crippen MR) is 178 cm³/mol. The molecule has 43 heavy (non-hydrogen) atoms. The Morgan fingerprint density at radius 3 is 1.84 bits per heavy atom. The molecule has 0 atom stereocenters. The molecule has 0 aliphatic rings. The van der Waals surface area contributed by atoms with Crippen molar-refractivity contribution in [1.82, 2.24) is 9.97 Å². The second kappa shape index (κ2) is 9.37. The molecule has 0 amide bonds. The average Bonchev–Trinajstić information content (AvgIpc) is 3.46. The van der Waals surface area contributed by atoms with Crippen LogP contribution in [-0.2, 0) is 0 Å². The molecule has 9 aromatic rings. The summed E-state index contributed by atoms with van der Waals surface area (Å²) in [6.07, 6.45) is 0. The fourth-order valence-electron chi connectivity index (χ4n) is 6.32. The molecule has 0 saturated heterocycles. The van der Waals surface area contributed by atoms with E-state index in [1.165, 1.54) is 37.9 Å². The predicted octanol–water partition coefficient (Wildman–Crippen LogP) is 10.8. The zero-order valence-electron chi connectivity index (χ0n) is 23.2. The van der Waals surface area contributed by atoms with Crippen molar-refractivity contribution in [2.24, 2.45) is 0 Å². The molecule has 0 bridgehead atoms. The van der Waals surface area contributed by atoms with Crippen LogP contribution in [0.4, 0.5) is 0 Å². The van der Waals surface area contributed by atoms with Crippen molar-refractivity contribution in [2.75, 3.05) is 0 Å². The minimum Gasteiger partial charge on any atom is -0.452 e. The van der Waals surface area contributed by atoms with E-state index in [9.17, 15) is 0 Å². The number of aromatic nitrogens is 2. The molecule has 0 N–H and O–H groups in total. The summed E-state index contributed by atoms with van der Waals surface area (Å²) in [7, 11) is 0. The highest BCUT2D eigenvalue weighted by atomic mass is 16.3. The number of furan rings is 1. The van der Waals surface area contributed by atoms with Crippen LogP contribution in [0.2, 0.25) is 0 Å². The number of nitrogens with zero attached hydrogens (tertiary/aromatic N) is 2. The van der Waals surface area contributed by atoms with Crippen LogP contribution in [0.25, 0.3) is 88.2 Å². The van der Waals surface area contributed by atoms with Gasteiger partial charge in [0, 0.05) is 16.5 Å². The lowest BCUT2D eigenvalue weighted by Crippen LogP contribution is -1.94. The number of rotatable bonds is 3. The maximum absolute atomic E-state index is 6.39. The molecule has 9 rings (SSSR count). The normalized spacial score (nSPS) is 11.7. The Bertz CT molecular complexity index is 2490. The fourth-order valence-corrected chi connectivity index (χ4v) is 6.32. The van der Waals surface area contributed by atoms with Gasteiger partial charge in [-0.3, -0.25) is 0 Å². The van der Waals surface area contributed by atoms with E-state index < -0.39 is 0 Å². The molecule has 0 unspecified atom stereocenters. The molecule has 0 fully saturated rings. The van der Waals surface area contributed by atoms with Gasteiger partial charge in [-0.15, -0.1) is 0 Å². The summed E-state index contributed by atoms with van der Waals surface area (Å²) in [6.45, 7) is 0. The molecule has 2 aromatic heterocycles. The van der Waals surface area contributed by atoms with E-state index in [0.29, 0.717) is 11.4 Å². The Morgan fingerprint density at radius 1 is 0.395 bits per heavy atom. The molecule has 0 spiro atoms. The summed E-state index contributed by atoms with van der Waals surface area (Å²) < 4.78 is 6.39. The fraction of sp³-hybridized carbons (Fsp3) is 0. The van der Waals surface area contributed by atoms with Crippen molar-refractivity contribution in [3.63, 3.8) is 0 Å². The Morgan fingerprint density at radius 2 is 1.00 bits per heavy atom. The summed E-state index contributed by atoms with van der Waals surface area (Å²) in [4.78, 5) is 10.3. The van der Waals surface area contributed by atoms with Crippen molar-refractivity contribution < 1.29 is 4.42 Å². The molecule has 2 heterocycles. The zero-order valence-corrected chi connectivity index (χ0v) is 23.2. The molecule has 7 aromatic carbocycles. The van der Waals surface area contributed by atoms with Crippen LogP contribution in [0, 0.1) is 0 Å². The maximum Gasteiger partial charge on any atom is 0.180 e. The average molecular weight is 549 g/mol. The van der Waals surface area contributed by atoms with Gasteiger partial charge in [0.25, 0.3) is 0 Å². The summed E-state index contributed by atoms with van der Waals surface area (Å²) in [5.41, 5.74) is 7.44. The van der Waals surface area contributed by atoms with Gasteiger partial charge in [0.1, 0.15) is 16.8 Å². The second-order valence-corrected chi connectivity index (χ2v) is 11.0. The summed E-state index contributed by atoms with van der Waals surface area (Å²) in [5, 5.41) is 8.35. The van der Waals surface area contributed by atoms with Gasteiger partial charge in [0.05, 0.1) is 0 Å². The van der Waals surface area contributed by atoms with E-state index in [2.05, 4.69) is 121 Å². The van der Waals surface area contributed by atoms with E-state index in [4.69, 9.17) is 14.4 Å². The third-order valence-corrected chi connectivity index (χ3v) is 8.49. The standard InChI is InChI=1S/C40H24N2O/c1-2-8-25(9-3-1)26-14-17-29(18-15-26)37-39-38(34-12-6-7-13-36(34)43-39)42-40(41-37)30-19-16-28-21-22-32-31-11-5-4-10-27(31)20-23-33(32)35(28)24-30/h1-24H. The van der Waals surface area contributed by atoms with E-state index in [1.807, 2.05) is 24.3 Å². The van der Waals surface area contributed by atoms with E-state index in [-0.39, 0.29) is 0 Å². The molecule has 3 nitrogen and oxygen atoms in total. The van der Waals surface area contributed by atoms with Gasteiger partial charge >= 0.3 is 0 Å².